The minimum atomic E-state index is -2.11. The highest BCUT2D eigenvalue weighted by atomic mass is 16.4. The molecule has 590 valence electrons. The highest BCUT2D eigenvalue weighted by Gasteiger charge is 2.42. The number of amides is 14. The van der Waals surface area contributed by atoms with Crippen molar-refractivity contribution in [3.63, 3.8) is 0 Å². The second kappa shape index (κ2) is 45.1. The minimum Gasteiger partial charge on any atom is -0.508 e. The zero-order chi connectivity index (χ0) is 80.4. The van der Waals surface area contributed by atoms with Gasteiger partial charge in [0, 0.05) is 32.2 Å². The lowest BCUT2D eigenvalue weighted by atomic mass is 9.97. The molecule has 1 saturated heterocycles. The Morgan fingerprint density at radius 2 is 0.925 bits per heavy atom. The van der Waals surface area contributed by atoms with E-state index in [2.05, 4.69) is 58.5 Å². The summed E-state index contributed by atoms with van der Waals surface area (Å²) in [7, 11) is 0. The number of rotatable bonds is 49. The number of carboxylic acid groups (broad SMARTS) is 5. The van der Waals surface area contributed by atoms with E-state index in [0.717, 1.165) is 18.7 Å². The normalized spacial score (nSPS) is 16.4. The third-order valence-corrected chi connectivity index (χ3v) is 16.5. The number of likely N-dealkylation sites (tertiary alicyclic amines) is 1. The van der Waals surface area contributed by atoms with Gasteiger partial charge in [0.2, 0.25) is 82.7 Å². The molecule has 0 radical (unpaired) electrons. The number of aliphatic hydroxyl groups excluding tert-OH is 2. The first-order chi connectivity index (χ1) is 49.6. The van der Waals surface area contributed by atoms with E-state index in [-0.39, 0.29) is 62.9 Å². The number of phenols is 1. The van der Waals surface area contributed by atoms with E-state index in [4.69, 9.17) is 28.0 Å². The summed E-state index contributed by atoms with van der Waals surface area (Å²) in [6, 6.07) is -18.0. The van der Waals surface area contributed by atoms with E-state index < -0.39 is 274 Å². The van der Waals surface area contributed by atoms with Crippen LogP contribution in [0.5, 0.6) is 5.75 Å². The highest BCUT2D eigenvalue weighted by molar-refractivity contribution is 6.01. The molecule has 27 N–H and O–H groups in total. The Labute approximate surface area is 605 Å². The van der Waals surface area contributed by atoms with E-state index in [9.17, 15) is 127 Å². The van der Waals surface area contributed by atoms with Gasteiger partial charge in [-0.2, -0.15) is 0 Å². The lowest BCUT2D eigenvalue weighted by Gasteiger charge is -2.30. The average Bonchev–Trinajstić information content (AvgIpc) is 1.62. The first-order valence-electron chi connectivity index (χ1n) is 33.5. The van der Waals surface area contributed by atoms with Gasteiger partial charge in [-0.25, -0.2) is 4.79 Å². The van der Waals surface area contributed by atoms with Crippen molar-refractivity contribution in [3.8, 4) is 5.75 Å². The molecule has 0 saturated carbocycles. The SMILES string of the molecule is CC[C@H](C)[C@H](NC(=O)[C@@H](N)CC(N)=O)C(=O)N[C@@H](CC(=O)O)C(=O)N[C@@H](CCC(=O)O)C(=O)N[C@@H](CC(N)=O)C(=O)N[C@@H](CO)C(=O)N[C@@H](CCCCN)C(=O)N1CCC[C@H]1C(=O)N[C@@H](C)C(=O)N[C@@H](CCC(=O)O)C(=O)N[C@H](C(=O)N[C@@H](Cc1ccc(O)cc1)C(=O)N[C@@H](CCC(=O)O)C(=O)O)[C@@H](C)O. The third kappa shape index (κ3) is 31.8. The van der Waals surface area contributed by atoms with Crippen molar-refractivity contribution >= 4 is 113 Å². The fraction of sp³-hybridized carbons (Fsp3) is 0.603. The number of nitrogens with two attached hydrogens (primary N) is 4. The minimum absolute atomic E-state index is 0.0514. The number of aromatic hydroxyl groups is 1. The first-order valence-corrected chi connectivity index (χ1v) is 33.5. The second-order valence-electron chi connectivity index (χ2n) is 25.0. The molecule has 1 aliphatic rings. The maximum atomic E-state index is 14.5. The van der Waals surface area contributed by atoms with Gasteiger partial charge >= 0.3 is 29.8 Å². The molecule has 0 unspecified atom stereocenters. The van der Waals surface area contributed by atoms with Gasteiger partial charge in [-0.1, -0.05) is 32.4 Å². The predicted molar refractivity (Wildman–Crippen MR) is 361 cm³/mol. The van der Waals surface area contributed by atoms with Crippen LogP contribution in [0.15, 0.2) is 24.3 Å². The van der Waals surface area contributed by atoms with E-state index >= 15 is 0 Å². The summed E-state index contributed by atoms with van der Waals surface area (Å²) in [5.41, 5.74) is 22.2. The molecular formula is C63H96N16O27. The van der Waals surface area contributed by atoms with Crippen LogP contribution in [0, 0.1) is 5.92 Å². The largest absolute Gasteiger partial charge is 0.508 e. The number of unbranched alkanes of at least 4 members (excludes halogenated alkanes) is 1. The summed E-state index contributed by atoms with van der Waals surface area (Å²) in [5, 5.41) is 103. The maximum Gasteiger partial charge on any atom is 0.326 e. The number of aliphatic hydroxyl groups is 2. The molecular weight excluding hydrogens is 1410 g/mol. The summed E-state index contributed by atoms with van der Waals surface area (Å²) in [6.45, 7) is 3.94. The van der Waals surface area contributed by atoms with Gasteiger partial charge in [0.15, 0.2) is 0 Å². The zero-order valence-corrected chi connectivity index (χ0v) is 58.5. The van der Waals surface area contributed by atoms with Crippen molar-refractivity contribution in [2.75, 3.05) is 19.7 Å². The van der Waals surface area contributed by atoms with Crippen LogP contribution in [0.4, 0.5) is 0 Å². The van der Waals surface area contributed by atoms with Crippen LogP contribution in [0.25, 0.3) is 0 Å². The van der Waals surface area contributed by atoms with Gasteiger partial charge < -0.3 is 127 Å². The number of primary amides is 2. The van der Waals surface area contributed by atoms with Crippen LogP contribution in [-0.2, 0) is 97.5 Å². The number of hydrogen-bond acceptors (Lipinski definition) is 24. The quantitative estimate of drug-likeness (QED) is 0.0269. The standard InChI is InChI=1S/C63H96N16O27/c1-5-28(2)49(77-52(94)33(65)24-43(66)83)60(102)75-40(26-48(91)92)57(99)70-34(15-18-45(85)86)53(95)73-39(25-44(67)84)56(98)76-41(27-80)58(100)71-36(9-6-7-21-64)62(104)79-22-8-10-42(79)59(101)68-29(3)51(93)69-35(16-19-46(87)88)54(96)78-50(30(4)81)61(103)74-38(23-31-11-13-32(82)14-12-31)55(97)72-37(63(105)106)17-20-47(89)90/h11-14,28-30,33-42,49-50,80-82H,5-10,15-27,64-65H2,1-4H3,(H2,66,83)(H2,67,84)(H,68,101)(H,69,93)(H,70,99)(H,71,100)(H,72,97)(H,73,95)(H,74,103)(H,75,102)(H,76,98)(H,77,94)(H,78,96)(H,85,86)(H,87,88)(H,89,90)(H,91,92)(H,105,106)/t28-,29-,30+,33-,34-,35-,36-,37-,38-,39-,40-,41-,42-,49-,50-/m0/s1. The summed E-state index contributed by atoms with van der Waals surface area (Å²) in [5.74, 6) is -25.4. The van der Waals surface area contributed by atoms with Gasteiger partial charge in [-0.05, 0) is 95.4 Å². The second-order valence-corrected chi connectivity index (χ2v) is 25.0. The predicted octanol–water partition coefficient (Wildman–Crippen LogP) is -8.94. The molecule has 1 aromatic rings. The fourth-order valence-electron chi connectivity index (χ4n) is 10.4. The Kier molecular flexibility index (Phi) is 38.7. The molecule has 0 bridgehead atoms. The van der Waals surface area contributed by atoms with Crippen molar-refractivity contribution in [1.29, 1.82) is 0 Å². The Morgan fingerprint density at radius 3 is 1.42 bits per heavy atom. The van der Waals surface area contributed by atoms with Crippen LogP contribution >= 0.6 is 0 Å². The van der Waals surface area contributed by atoms with E-state index in [1.807, 2.05) is 0 Å². The number of hydrogen-bond donors (Lipinski definition) is 23. The van der Waals surface area contributed by atoms with Crippen molar-refractivity contribution in [2.24, 2.45) is 28.9 Å². The zero-order valence-electron chi connectivity index (χ0n) is 58.5. The molecule has 0 aromatic heterocycles. The molecule has 43 heteroatoms. The number of benzene rings is 1. The number of carbonyl (C=O) groups excluding carboxylic acids is 14. The molecule has 0 aliphatic carbocycles. The highest BCUT2D eigenvalue weighted by Crippen LogP contribution is 2.21. The monoisotopic (exact) mass is 1510 g/mol. The fourth-order valence-corrected chi connectivity index (χ4v) is 10.4. The van der Waals surface area contributed by atoms with E-state index in [1.54, 1.807) is 6.92 Å². The first kappa shape index (κ1) is 90.9. The number of carboxylic acids is 5. The summed E-state index contributed by atoms with van der Waals surface area (Å²) < 4.78 is 0. The van der Waals surface area contributed by atoms with Crippen molar-refractivity contribution in [2.45, 2.75) is 215 Å². The van der Waals surface area contributed by atoms with Crippen LogP contribution in [0.1, 0.15) is 130 Å². The Hall–Kier alpha value is -11.2. The third-order valence-electron chi connectivity index (χ3n) is 16.5. The Morgan fingerprint density at radius 1 is 0.491 bits per heavy atom. The molecule has 1 aliphatic heterocycles. The van der Waals surface area contributed by atoms with Crippen LogP contribution in [-0.4, -0.2) is 263 Å². The molecule has 106 heavy (non-hydrogen) atoms. The maximum absolute atomic E-state index is 14.5. The number of carbonyl (C=O) groups is 19. The van der Waals surface area contributed by atoms with Gasteiger partial charge in [-0.3, -0.25) is 86.3 Å². The Bertz CT molecular complexity index is 3340. The molecule has 43 nitrogen and oxygen atoms in total. The summed E-state index contributed by atoms with van der Waals surface area (Å²) in [6.07, 6.45) is -9.06. The topological polar surface area (TPSA) is 726 Å². The number of phenolic OH excluding ortho intramolecular Hbond substituents is 1. The molecule has 1 aromatic carbocycles. The number of nitrogens with one attached hydrogen (secondary N) is 11. The lowest BCUT2D eigenvalue weighted by molar-refractivity contribution is -0.144. The van der Waals surface area contributed by atoms with Crippen molar-refractivity contribution < 1.29 is 132 Å². The van der Waals surface area contributed by atoms with Crippen LogP contribution in [0.2, 0.25) is 0 Å². The van der Waals surface area contributed by atoms with Crippen molar-refractivity contribution in [3.05, 3.63) is 29.8 Å². The lowest BCUT2D eigenvalue weighted by Crippen LogP contribution is -2.62. The van der Waals surface area contributed by atoms with Gasteiger partial charge in [-0.15, -0.1) is 0 Å². The van der Waals surface area contributed by atoms with Gasteiger partial charge in [0.25, 0.3) is 0 Å². The van der Waals surface area contributed by atoms with E-state index in [0.29, 0.717) is 0 Å². The number of aliphatic carboxylic acids is 5. The van der Waals surface area contributed by atoms with Gasteiger partial charge in [0.05, 0.1) is 38.0 Å². The molecule has 15 atom stereocenters. The smallest absolute Gasteiger partial charge is 0.326 e. The van der Waals surface area contributed by atoms with Crippen LogP contribution in [0.3, 0.4) is 0 Å². The van der Waals surface area contributed by atoms with Gasteiger partial charge in [0.1, 0.15) is 78.3 Å². The molecule has 2 rings (SSSR count). The Balaban J connectivity index is 2.39. The average molecular weight is 1510 g/mol. The van der Waals surface area contributed by atoms with Crippen LogP contribution < -0.4 is 81.4 Å². The van der Waals surface area contributed by atoms with Crippen molar-refractivity contribution in [1.82, 2.24) is 63.4 Å². The molecule has 0 spiro atoms. The summed E-state index contributed by atoms with van der Waals surface area (Å²) in [4.78, 5) is 249. The number of nitrogens with zero attached hydrogens (tertiary/aromatic N) is 1. The summed E-state index contributed by atoms with van der Waals surface area (Å²) >= 11 is 0. The molecule has 1 fully saturated rings. The molecule has 1 heterocycles. The van der Waals surface area contributed by atoms with E-state index in [1.165, 1.54) is 31.2 Å². The molecule has 14 amide bonds.